The number of non-ortho nitro benzene ring substituents is 1. The molecule has 3 aromatic rings. The summed E-state index contributed by atoms with van der Waals surface area (Å²) in [5.74, 6) is 1.45. The molecule has 1 heterocycles. The van der Waals surface area contributed by atoms with Crippen LogP contribution >= 0.6 is 23.2 Å². The molecule has 1 atom stereocenters. The van der Waals surface area contributed by atoms with Crippen LogP contribution in [0.15, 0.2) is 74.3 Å². The number of hydrogen-bond acceptors (Lipinski definition) is 5. The molecule has 0 saturated heterocycles. The molecule has 152 valence electrons. The Labute approximate surface area is 178 Å². The van der Waals surface area contributed by atoms with Crippen molar-refractivity contribution in [1.82, 2.24) is 0 Å². The Morgan fingerprint density at radius 3 is 2.31 bits per heavy atom. The Hall–Kier alpha value is -2.37. The van der Waals surface area contributed by atoms with Crippen molar-refractivity contribution in [2.24, 2.45) is 4.74 Å². The average Bonchev–Trinajstić information content (AvgIpc) is 3.09. The van der Waals surface area contributed by atoms with E-state index in [4.69, 9.17) is 13.7 Å². The lowest BCUT2D eigenvalue weighted by atomic mass is 10.3. The molecule has 0 aliphatic rings. The number of aryl methyl sites for hydroxylation is 1. The number of para-hydroxylation sites is 1. The molecule has 29 heavy (non-hydrogen) atoms. The normalized spacial score (nSPS) is 13.6. The van der Waals surface area contributed by atoms with Crippen molar-refractivity contribution in [3.8, 4) is 5.75 Å². The molecule has 8 heteroatoms. The van der Waals surface area contributed by atoms with Gasteiger partial charge in [-0.25, -0.2) is 4.74 Å². The summed E-state index contributed by atoms with van der Waals surface area (Å²) >= 11 is 3.43. The zero-order valence-corrected chi connectivity index (χ0v) is 19.1. The Balaban J connectivity index is 2.29. The SMILES string of the molecule is Cc1ccc(P(=Nc2ccc([N+](=O)[O-])cc2Br)(Oc2ccccc2)C(C)(C)C)o1. The molecule has 2 aromatic carbocycles. The van der Waals surface area contributed by atoms with Crippen LogP contribution < -0.4 is 10.0 Å². The summed E-state index contributed by atoms with van der Waals surface area (Å²) < 4.78 is 18.2. The average molecular weight is 477 g/mol. The number of furan rings is 1. The van der Waals surface area contributed by atoms with E-state index in [1.165, 1.54) is 12.1 Å². The monoisotopic (exact) mass is 476 g/mol. The van der Waals surface area contributed by atoms with Gasteiger partial charge in [-0.15, -0.1) is 0 Å². The summed E-state index contributed by atoms with van der Waals surface area (Å²) in [7, 11) is -2.76. The highest BCUT2D eigenvalue weighted by Crippen LogP contribution is 2.62. The van der Waals surface area contributed by atoms with E-state index in [1.807, 2.05) is 49.4 Å². The lowest BCUT2D eigenvalue weighted by Crippen LogP contribution is -2.26. The maximum Gasteiger partial charge on any atom is 0.270 e. The van der Waals surface area contributed by atoms with E-state index in [0.717, 1.165) is 5.76 Å². The van der Waals surface area contributed by atoms with Crippen molar-refractivity contribution in [1.29, 1.82) is 0 Å². The molecule has 0 bridgehead atoms. The van der Waals surface area contributed by atoms with Crippen LogP contribution in [0.2, 0.25) is 0 Å². The highest BCUT2D eigenvalue weighted by Gasteiger charge is 2.41. The van der Waals surface area contributed by atoms with Crippen molar-refractivity contribution in [2.45, 2.75) is 32.9 Å². The molecule has 1 unspecified atom stereocenters. The quantitative estimate of drug-likeness (QED) is 0.221. The van der Waals surface area contributed by atoms with Crippen LogP contribution in [0.4, 0.5) is 11.4 Å². The fourth-order valence-corrected chi connectivity index (χ4v) is 6.30. The third-order valence-electron chi connectivity index (χ3n) is 4.31. The Bertz CT molecular complexity index is 1090. The largest absolute Gasteiger partial charge is 0.457 e. The maximum absolute atomic E-state index is 11.1. The third-order valence-corrected chi connectivity index (χ3v) is 8.57. The lowest BCUT2D eigenvalue weighted by Gasteiger charge is -2.35. The third kappa shape index (κ3) is 4.46. The molecular weight excluding hydrogens is 455 g/mol. The summed E-state index contributed by atoms with van der Waals surface area (Å²) in [6, 6.07) is 17.8. The van der Waals surface area contributed by atoms with E-state index < -0.39 is 17.4 Å². The molecule has 1 aromatic heterocycles. The topological polar surface area (TPSA) is 77.9 Å². The van der Waals surface area contributed by atoms with Gasteiger partial charge in [-0.3, -0.25) is 10.1 Å². The second-order valence-corrected chi connectivity index (χ2v) is 11.7. The summed E-state index contributed by atoms with van der Waals surface area (Å²) in [6.07, 6.45) is 0. The zero-order chi connectivity index (χ0) is 21.2. The predicted octanol–water partition coefficient (Wildman–Crippen LogP) is 7.21. The van der Waals surface area contributed by atoms with E-state index in [-0.39, 0.29) is 5.69 Å². The molecule has 6 nitrogen and oxygen atoms in total. The molecule has 0 radical (unpaired) electrons. The molecule has 3 rings (SSSR count). The van der Waals surface area contributed by atoms with Crippen molar-refractivity contribution >= 4 is 40.1 Å². The molecule has 0 amide bonds. The Morgan fingerprint density at radius 2 is 1.79 bits per heavy atom. The minimum Gasteiger partial charge on any atom is -0.457 e. The van der Waals surface area contributed by atoms with Gasteiger partial charge in [0.05, 0.1) is 15.1 Å². The van der Waals surface area contributed by atoms with Crippen LogP contribution in [0.5, 0.6) is 5.75 Å². The first kappa shape index (κ1) is 21.3. The standard InChI is InChI=1S/C21H22BrN2O4P/c1-15-10-13-20(27-15)29(21(2,3)4,28-17-8-6-5-7-9-17)23-19-12-11-16(24(25)26)14-18(19)22/h5-14H,1-4H3. The van der Waals surface area contributed by atoms with Crippen molar-refractivity contribution in [2.75, 3.05) is 0 Å². The molecule has 0 fully saturated rings. The fraction of sp³-hybridized carbons (Fsp3) is 0.238. The van der Waals surface area contributed by atoms with Crippen molar-refractivity contribution in [3.05, 3.63) is 81.0 Å². The van der Waals surface area contributed by atoms with Gasteiger partial charge in [0.15, 0.2) is 5.50 Å². The smallest absolute Gasteiger partial charge is 0.270 e. The molecule has 0 N–H and O–H groups in total. The highest BCUT2D eigenvalue weighted by atomic mass is 79.9. The van der Waals surface area contributed by atoms with Crippen LogP contribution in [0.1, 0.15) is 26.5 Å². The van der Waals surface area contributed by atoms with E-state index in [2.05, 4.69) is 36.7 Å². The Kier molecular flexibility index (Phi) is 6.01. The van der Waals surface area contributed by atoms with Gasteiger partial charge in [-0.2, -0.15) is 0 Å². The van der Waals surface area contributed by atoms with Gasteiger partial charge < -0.3 is 8.94 Å². The first-order valence-electron chi connectivity index (χ1n) is 9.00. The van der Waals surface area contributed by atoms with E-state index in [9.17, 15) is 10.1 Å². The molecule has 0 aliphatic carbocycles. The van der Waals surface area contributed by atoms with Gasteiger partial charge in [-0.1, -0.05) is 39.0 Å². The molecule has 0 spiro atoms. The van der Waals surface area contributed by atoms with Crippen molar-refractivity contribution < 1.29 is 13.9 Å². The number of rotatable bonds is 5. The minimum atomic E-state index is -2.76. The van der Waals surface area contributed by atoms with Crippen molar-refractivity contribution in [3.63, 3.8) is 0 Å². The molecule has 0 aliphatic heterocycles. The molecular formula is C21H22BrN2O4P. The van der Waals surface area contributed by atoms with E-state index in [1.54, 1.807) is 6.07 Å². The van der Waals surface area contributed by atoms with Gasteiger partial charge in [-0.05, 0) is 53.2 Å². The second-order valence-electron chi connectivity index (χ2n) is 7.53. The molecule has 0 saturated carbocycles. The predicted molar refractivity (Wildman–Crippen MR) is 120 cm³/mol. The lowest BCUT2D eigenvalue weighted by molar-refractivity contribution is -0.384. The highest BCUT2D eigenvalue weighted by molar-refractivity contribution is 9.10. The van der Waals surface area contributed by atoms with Gasteiger partial charge >= 0.3 is 0 Å². The number of hydrogen-bond donors (Lipinski definition) is 0. The summed E-state index contributed by atoms with van der Waals surface area (Å²) in [4.78, 5) is 10.7. The summed E-state index contributed by atoms with van der Waals surface area (Å²) in [5, 5.41) is 10.7. The van der Waals surface area contributed by atoms with Gasteiger partial charge in [0, 0.05) is 17.3 Å². The minimum absolute atomic E-state index is 0.00617. The first-order valence-corrected chi connectivity index (χ1v) is 11.5. The number of nitro groups is 1. The van der Waals surface area contributed by atoms with E-state index in [0.29, 0.717) is 21.4 Å². The number of nitrogens with zero attached hydrogens (tertiary/aromatic N) is 2. The number of halogens is 1. The van der Waals surface area contributed by atoms with E-state index >= 15 is 0 Å². The maximum atomic E-state index is 11.1. The van der Waals surface area contributed by atoms with Crippen LogP contribution in [0.3, 0.4) is 0 Å². The van der Waals surface area contributed by atoms with Crippen LogP contribution in [0, 0.1) is 17.0 Å². The van der Waals surface area contributed by atoms with Crippen LogP contribution in [-0.4, -0.2) is 10.1 Å². The summed E-state index contributed by atoms with van der Waals surface area (Å²) in [6.45, 7) is 8.06. The Morgan fingerprint density at radius 1 is 1.10 bits per heavy atom. The van der Waals surface area contributed by atoms with Gasteiger partial charge in [0.1, 0.15) is 11.5 Å². The van der Waals surface area contributed by atoms with Crippen LogP contribution in [-0.2, 0) is 0 Å². The number of benzene rings is 2. The fourth-order valence-electron chi connectivity index (χ4n) is 2.79. The number of nitro benzene ring substituents is 1. The zero-order valence-electron chi connectivity index (χ0n) is 16.6. The summed E-state index contributed by atoms with van der Waals surface area (Å²) in [5.41, 5.74) is 1.23. The second kappa shape index (κ2) is 8.17. The first-order chi connectivity index (χ1) is 13.6. The van der Waals surface area contributed by atoms with Gasteiger partial charge in [0.2, 0.25) is 7.28 Å². The van der Waals surface area contributed by atoms with Gasteiger partial charge in [0.25, 0.3) is 5.69 Å². The van der Waals surface area contributed by atoms with Crippen LogP contribution in [0.25, 0.3) is 0 Å².